The topological polar surface area (TPSA) is 108 Å². The molecule has 0 aromatic heterocycles. The van der Waals surface area contributed by atoms with Crippen molar-refractivity contribution in [1.82, 2.24) is 5.32 Å². The molecule has 0 aliphatic rings. The van der Waals surface area contributed by atoms with Crippen LogP contribution in [0.3, 0.4) is 0 Å². The first-order valence-corrected chi connectivity index (χ1v) is 19.8. The molecule has 0 saturated carbocycles. The van der Waals surface area contributed by atoms with Crippen LogP contribution in [0.1, 0.15) is 168 Å². The Morgan fingerprint density at radius 1 is 0.705 bits per heavy atom. The largest absolute Gasteiger partial charge is 0.756 e. The van der Waals surface area contributed by atoms with E-state index in [4.69, 9.17) is 9.05 Å². The molecule has 264 valence electrons. The van der Waals surface area contributed by atoms with Gasteiger partial charge in [-0.2, -0.15) is 0 Å². The Balaban J connectivity index is 4.09. The molecule has 0 fully saturated rings. The first kappa shape index (κ1) is 43.5. The minimum Gasteiger partial charge on any atom is -0.756 e. The SMILES string of the molecule is CCCCCCCCCCCCCCCCCCCCCC(O)C(COP(=O)([O-])OCC[N+](C)(C)C)NC(=O)CCCCC. The summed E-state index contributed by atoms with van der Waals surface area (Å²) < 4.78 is 22.9. The maximum atomic E-state index is 12.4. The van der Waals surface area contributed by atoms with Crippen LogP contribution < -0.4 is 10.2 Å². The van der Waals surface area contributed by atoms with E-state index in [1.54, 1.807) is 0 Å². The number of hydrogen-bond donors (Lipinski definition) is 2. The van der Waals surface area contributed by atoms with Gasteiger partial charge in [0, 0.05) is 6.42 Å². The van der Waals surface area contributed by atoms with Crippen molar-refractivity contribution in [2.75, 3.05) is 40.9 Å². The highest BCUT2D eigenvalue weighted by Gasteiger charge is 2.24. The Hall–Kier alpha value is -0.500. The molecule has 0 bridgehead atoms. The summed E-state index contributed by atoms with van der Waals surface area (Å²) in [7, 11) is 1.30. The minimum atomic E-state index is -4.53. The third-order valence-corrected chi connectivity index (χ3v) is 9.31. The number of phosphoric acid groups is 1. The van der Waals surface area contributed by atoms with E-state index in [-0.39, 0.29) is 19.1 Å². The Bertz CT molecular complexity index is 703. The summed E-state index contributed by atoms with van der Waals surface area (Å²) in [6.07, 6.45) is 27.5. The van der Waals surface area contributed by atoms with Crippen molar-refractivity contribution in [1.29, 1.82) is 0 Å². The number of nitrogens with one attached hydrogen (secondary N) is 1. The zero-order valence-electron chi connectivity index (χ0n) is 29.6. The van der Waals surface area contributed by atoms with Crippen LogP contribution in [0.25, 0.3) is 0 Å². The third kappa shape index (κ3) is 30.2. The number of rotatable bonds is 33. The van der Waals surface area contributed by atoms with Crippen molar-refractivity contribution >= 4 is 13.7 Å². The van der Waals surface area contributed by atoms with Crippen LogP contribution in [0.15, 0.2) is 0 Å². The van der Waals surface area contributed by atoms with Gasteiger partial charge >= 0.3 is 0 Å². The number of carbonyl (C=O) groups is 1. The molecule has 0 rings (SSSR count). The third-order valence-electron chi connectivity index (χ3n) is 8.35. The Morgan fingerprint density at radius 3 is 1.55 bits per heavy atom. The average Bonchev–Trinajstić information content (AvgIpc) is 2.95. The highest BCUT2D eigenvalue weighted by molar-refractivity contribution is 7.45. The van der Waals surface area contributed by atoms with Crippen molar-refractivity contribution < 1.29 is 32.9 Å². The number of phosphoric ester groups is 1. The van der Waals surface area contributed by atoms with Gasteiger partial charge in [0.15, 0.2) is 0 Å². The van der Waals surface area contributed by atoms with Gasteiger partial charge in [-0.05, 0) is 12.8 Å². The van der Waals surface area contributed by atoms with Crippen LogP contribution in [0.2, 0.25) is 0 Å². The fourth-order valence-electron chi connectivity index (χ4n) is 5.33. The molecule has 0 heterocycles. The summed E-state index contributed by atoms with van der Waals surface area (Å²) in [4.78, 5) is 24.7. The monoisotopic (exact) mass is 649 g/mol. The van der Waals surface area contributed by atoms with Crippen LogP contribution in [0.4, 0.5) is 0 Å². The summed E-state index contributed by atoms with van der Waals surface area (Å²) in [6, 6.07) is -0.788. The molecule has 3 unspecified atom stereocenters. The van der Waals surface area contributed by atoms with E-state index in [2.05, 4.69) is 19.2 Å². The molecular weight excluding hydrogens is 575 g/mol. The van der Waals surface area contributed by atoms with Crippen LogP contribution in [0.5, 0.6) is 0 Å². The molecule has 2 N–H and O–H groups in total. The fourth-order valence-corrected chi connectivity index (χ4v) is 6.05. The van der Waals surface area contributed by atoms with Gasteiger partial charge in [-0.1, -0.05) is 149 Å². The Kier molecular flexibility index (Phi) is 28.4. The normalized spacial score (nSPS) is 14.8. The van der Waals surface area contributed by atoms with E-state index >= 15 is 0 Å². The summed E-state index contributed by atoms with van der Waals surface area (Å²) in [5.74, 6) is -0.189. The number of aliphatic hydroxyl groups excluding tert-OH is 1. The molecule has 9 heteroatoms. The van der Waals surface area contributed by atoms with Gasteiger partial charge < -0.3 is 28.8 Å². The lowest BCUT2D eigenvalue weighted by atomic mass is 10.0. The van der Waals surface area contributed by atoms with E-state index in [1.807, 2.05) is 21.1 Å². The second kappa shape index (κ2) is 28.7. The lowest BCUT2D eigenvalue weighted by Gasteiger charge is -2.30. The predicted octanol–water partition coefficient (Wildman–Crippen LogP) is 8.44. The maximum Gasteiger partial charge on any atom is 0.268 e. The maximum absolute atomic E-state index is 12.4. The van der Waals surface area contributed by atoms with Crippen molar-refractivity contribution in [3.63, 3.8) is 0 Å². The van der Waals surface area contributed by atoms with Crippen LogP contribution in [-0.4, -0.2) is 68.5 Å². The predicted molar refractivity (Wildman–Crippen MR) is 183 cm³/mol. The molecule has 0 spiro atoms. The molecule has 0 aliphatic heterocycles. The number of unbranched alkanes of at least 4 members (excludes halogenated alkanes) is 20. The molecule has 1 amide bonds. The second-order valence-electron chi connectivity index (χ2n) is 13.9. The van der Waals surface area contributed by atoms with Crippen LogP contribution in [0, 0.1) is 0 Å². The van der Waals surface area contributed by atoms with Gasteiger partial charge in [0.1, 0.15) is 13.2 Å². The summed E-state index contributed by atoms with van der Waals surface area (Å²) in [5.41, 5.74) is 0. The zero-order valence-corrected chi connectivity index (χ0v) is 30.5. The van der Waals surface area contributed by atoms with E-state index < -0.39 is 20.0 Å². The number of amides is 1. The lowest BCUT2D eigenvalue weighted by molar-refractivity contribution is -0.870. The van der Waals surface area contributed by atoms with Gasteiger partial charge in [-0.15, -0.1) is 0 Å². The summed E-state index contributed by atoms with van der Waals surface area (Å²) >= 11 is 0. The summed E-state index contributed by atoms with van der Waals surface area (Å²) in [6.45, 7) is 4.54. The molecule has 0 radical (unpaired) electrons. The fraction of sp³-hybridized carbons (Fsp3) is 0.971. The number of likely N-dealkylation sites (N-methyl/N-ethyl adjacent to an activating group) is 1. The van der Waals surface area contributed by atoms with E-state index in [9.17, 15) is 19.4 Å². The van der Waals surface area contributed by atoms with Crippen LogP contribution >= 0.6 is 7.82 Å². The standard InChI is InChI=1S/C35H73N2O6P/c1-6-8-10-11-12-13-14-15-16-17-18-19-20-21-22-23-24-25-27-28-34(38)33(36-35(39)29-26-9-7-2)32-43-44(40,41)42-31-30-37(3,4)5/h33-34,38H,6-32H2,1-5H3,(H-,36,39,40,41). The quantitative estimate of drug-likeness (QED) is 0.0420. The smallest absolute Gasteiger partial charge is 0.268 e. The van der Waals surface area contributed by atoms with Crippen molar-refractivity contribution in [2.45, 2.75) is 180 Å². The molecule has 44 heavy (non-hydrogen) atoms. The van der Waals surface area contributed by atoms with Crippen molar-refractivity contribution in [2.24, 2.45) is 0 Å². The molecule has 0 aromatic rings. The zero-order chi connectivity index (χ0) is 32.9. The second-order valence-corrected chi connectivity index (χ2v) is 15.4. The molecule has 3 atom stereocenters. The van der Waals surface area contributed by atoms with Gasteiger partial charge in [0.05, 0.1) is 39.9 Å². The number of hydrogen-bond acceptors (Lipinski definition) is 6. The van der Waals surface area contributed by atoms with Crippen LogP contribution in [-0.2, 0) is 18.4 Å². The van der Waals surface area contributed by atoms with Crippen molar-refractivity contribution in [3.8, 4) is 0 Å². The van der Waals surface area contributed by atoms with E-state index in [0.29, 0.717) is 23.9 Å². The van der Waals surface area contributed by atoms with Gasteiger partial charge in [-0.3, -0.25) is 9.36 Å². The Morgan fingerprint density at radius 2 is 1.11 bits per heavy atom. The van der Waals surface area contributed by atoms with Gasteiger partial charge in [-0.25, -0.2) is 0 Å². The number of quaternary nitrogens is 1. The van der Waals surface area contributed by atoms with Gasteiger partial charge in [0.25, 0.3) is 7.82 Å². The molecule has 8 nitrogen and oxygen atoms in total. The van der Waals surface area contributed by atoms with Gasteiger partial charge in [0.2, 0.25) is 5.91 Å². The lowest BCUT2D eigenvalue weighted by Crippen LogP contribution is -2.46. The average molecular weight is 649 g/mol. The highest BCUT2D eigenvalue weighted by atomic mass is 31.2. The summed E-state index contributed by atoms with van der Waals surface area (Å²) in [5, 5.41) is 13.6. The molecule has 0 aliphatic carbocycles. The number of nitrogens with zero attached hydrogens (tertiary/aromatic N) is 1. The van der Waals surface area contributed by atoms with Crippen molar-refractivity contribution in [3.05, 3.63) is 0 Å². The molecule has 0 aromatic carbocycles. The minimum absolute atomic E-state index is 0.0141. The van der Waals surface area contributed by atoms with E-state index in [0.717, 1.165) is 38.5 Å². The molecular formula is C35H73N2O6P. The van der Waals surface area contributed by atoms with E-state index in [1.165, 1.54) is 103 Å². The molecule has 0 saturated heterocycles. The highest BCUT2D eigenvalue weighted by Crippen LogP contribution is 2.38. The number of aliphatic hydroxyl groups is 1. The first-order chi connectivity index (χ1) is 21.0. The number of carbonyl (C=O) groups excluding carboxylic acids is 1. The first-order valence-electron chi connectivity index (χ1n) is 18.4. The Labute approximate surface area is 272 Å².